The van der Waals surface area contributed by atoms with Crippen molar-refractivity contribution in [2.75, 3.05) is 0 Å². The number of carbonyl (C=O) groups excluding carboxylic acids is 2. The molecule has 0 aliphatic carbocycles. The van der Waals surface area contributed by atoms with E-state index in [2.05, 4.69) is 6.92 Å². The third kappa shape index (κ3) is 5.18. The largest absolute Gasteiger partial charge is 0.458 e. The number of hydrogen-bond acceptors (Lipinski definition) is 5. The van der Waals surface area contributed by atoms with Gasteiger partial charge in [-0.05, 0) is 17.4 Å². The number of nitrogens with zero attached hydrogens (tertiary/aromatic N) is 1. The molecule has 0 N–H and O–H groups in total. The summed E-state index contributed by atoms with van der Waals surface area (Å²) in [4.78, 5) is 30.4. The first kappa shape index (κ1) is 23.8. The molecule has 2 unspecified atom stereocenters. The molecule has 0 fully saturated rings. The Bertz CT molecular complexity index is 812. The molecule has 0 aromatic heterocycles. The summed E-state index contributed by atoms with van der Waals surface area (Å²) in [6.07, 6.45) is 4.75. The number of cyclic esters (lactones) is 1. The van der Waals surface area contributed by atoms with E-state index in [1.807, 2.05) is 71.9 Å². The number of esters is 2. The first-order valence-corrected chi connectivity index (χ1v) is 10.6. The van der Waals surface area contributed by atoms with E-state index < -0.39 is 16.9 Å². The molecule has 0 spiro atoms. The first-order chi connectivity index (χ1) is 13.9. The van der Waals surface area contributed by atoms with Gasteiger partial charge in [-0.1, -0.05) is 91.3 Å². The quantitative estimate of drug-likeness (QED) is 0.438. The lowest BCUT2D eigenvalue weighted by atomic mass is 9.65. The number of rotatable bonds is 7. The van der Waals surface area contributed by atoms with E-state index >= 15 is 0 Å². The minimum Gasteiger partial charge on any atom is -0.458 e. The maximum absolute atomic E-state index is 13.2. The number of aliphatic imine (C=N–C) groups is 1. The van der Waals surface area contributed by atoms with Crippen LogP contribution in [-0.4, -0.2) is 23.4 Å². The third-order valence-corrected chi connectivity index (χ3v) is 5.39. The molecule has 164 valence electrons. The maximum atomic E-state index is 13.2. The monoisotopic (exact) mass is 413 g/mol. The van der Waals surface area contributed by atoms with Gasteiger partial charge in [0.15, 0.2) is 11.4 Å². The van der Waals surface area contributed by atoms with Crippen LogP contribution in [0.5, 0.6) is 0 Å². The topological polar surface area (TPSA) is 65.0 Å². The molecule has 2 rings (SSSR count). The number of benzene rings is 1. The van der Waals surface area contributed by atoms with Crippen molar-refractivity contribution in [2.24, 2.45) is 21.7 Å². The highest BCUT2D eigenvalue weighted by molar-refractivity contribution is 6.03. The summed E-state index contributed by atoms with van der Waals surface area (Å²) in [6, 6.07) is 9.53. The van der Waals surface area contributed by atoms with Gasteiger partial charge in [0.25, 0.3) is 0 Å². The highest BCUT2D eigenvalue weighted by atomic mass is 16.6. The van der Waals surface area contributed by atoms with E-state index in [1.54, 1.807) is 6.08 Å². The predicted molar refractivity (Wildman–Crippen MR) is 119 cm³/mol. The van der Waals surface area contributed by atoms with Crippen LogP contribution >= 0.6 is 0 Å². The van der Waals surface area contributed by atoms with Crippen molar-refractivity contribution in [1.29, 1.82) is 0 Å². The van der Waals surface area contributed by atoms with Gasteiger partial charge in [-0.25, -0.2) is 14.6 Å². The van der Waals surface area contributed by atoms with Gasteiger partial charge in [-0.2, -0.15) is 0 Å². The van der Waals surface area contributed by atoms with E-state index in [-0.39, 0.29) is 23.9 Å². The second-order valence-corrected chi connectivity index (χ2v) is 9.92. The molecule has 0 saturated carbocycles. The highest BCUT2D eigenvalue weighted by Crippen LogP contribution is 2.47. The molecule has 5 nitrogen and oxygen atoms in total. The van der Waals surface area contributed by atoms with Crippen LogP contribution < -0.4 is 0 Å². The van der Waals surface area contributed by atoms with Crippen molar-refractivity contribution in [1.82, 2.24) is 0 Å². The van der Waals surface area contributed by atoms with E-state index in [9.17, 15) is 9.59 Å². The second kappa shape index (κ2) is 9.15. The van der Waals surface area contributed by atoms with E-state index in [4.69, 9.17) is 14.5 Å². The molecule has 0 radical (unpaired) electrons. The zero-order chi connectivity index (χ0) is 22.6. The normalized spacial score (nSPS) is 20.8. The van der Waals surface area contributed by atoms with Crippen LogP contribution in [-0.2, 0) is 25.7 Å². The van der Waals surface area contributed by atoms with Crippen LogP contribution in [0.4, 0.5) is 0 Å². The molecule has 5 heteroatoms. The summed E-state index contributed by atoms with van der Waals surface area (Å²) >= 11 is 0. The van der Waals surface area contributed by atoms with E-state index in [1.165, 1.54) is 6.08 Å². The molecule has 0 bridgehead atoms. The lowest BCUT2D eigenvalue weighted by Gasteiger charge is -2.40. The fourth-order valence-electron chi connectivity index (χ4n) is 3.71. The molecule has 1 aromatic carbocycles. The van der Waals surface area contributed by atoms with Crippen molar-refractivity contribution >= 4 is 17.8 Å². The predicted octanol–water partition coefficient (Wildman–Crippen LogP) is 5.49. The molecule has 2 atom stereocenters. The van der Waals surface area contributed by atoms with Gasteiger partial charge in [0.2, 0.25) is 0 Å². The SMILES string of the molecule is CCCC(/C=C/C(=O)OCc1ccccc1)C1(C(C)(C)C)N=C(C(C)(C)C)OC1=O. The summed E-state index contributed by atoms with van der Waals surface area (Å²) in [5.74, 6) is -0.612. The zero-order valence-corrected chi connectivity index (χ0v) is 19.3. The Hall–Kier alpha value is -2.43. The standard InChI is InChI=1S/C25H35NO4/c1-8-12-19(15-16-20(27)29-17-18-13-10-9-11-14-18)25(24(5,6)7)22(28)30-21(26-25)23(2,3)4/h9-11,13-16,19H,8,12,17H2,1-7H3/b16-15+. The van der Waals surface area contributed by atoms with Crippen molar-refractivity contribution in [3.63, 3.8) is 0 Å². The lowest BCUT2D eigenvalue weighted by molar-refractivity contribution is -0.145. The summed E-state index contributed by atoms with van der Waals surface area (Å²) in [5.41, 5.74) is -1.02. The van der Waals surface area contributed by atoms with Gasteiger partial charge >= 0.3 is 11.9 Å². The van der Waals surface area contributed by atoms with Crippen molar-refractivity contribution in [3.05, 3.63) is 48.0 Å². The minimum absolute atomic E-state index is 0.210. The van der Waals surface area contributed by atoms with E-state index in [0.29, 0.717) is 12.3 Å². The molecule has 0 saturated heterocycles. The van der Waals surface area contributed by atoms with Crippen LogP contribution in [0.3, 0.4) is 0 Å². The Balaban J connectivity index is 2.30. The average molecular weight is 414 g/mol. The molecule has 0 amide bonds. The van der Waals surface area contributed by atoms with Crippen molar-refractivity contribution < 1.29 is 19.1 Å². The third-order valence-electron chi connectivity index (χ3n) is 5.39. The van der Waals surface area contributed by atoms with Crippen LogP contribution in [0.25, 0.3) is 0 Å². The number of carbonyl (C=O) groups is 2. The minimum atomic E-state index is -1.08. The summed E-state index contributed by atoms with van der Waals surface area (Å²) in [6.45, 7) is 14.2. The van der Waals surface area contributed by atoms with Gasteiger partial charge in [0.05, 0.1) is 0 Å². The van der Waals surface area contributed by atoms with Crippen LogP contribution in [0.15, 0.2) is 47.5 Å². The van der Waals surface area contributed by atoms with Gasteiger partial charge in [-0.3, -0.25) is 0 Å². The smallest absolute Gasteiger partial charge is 0.341 e. The fraction of sp³-hybridized carbons (Fsp3) is 0.560. The maximum Gasteiger partial charge on any atom is 0.341 e. The van der Waals surface area contributed by atoms with Gasteiger partial charge in [-0.15, -0.1) is 0 Å². The van der Waals surface area contributed by atoms with Gasteiger partial charge < -0.3 is 9.47 Å². The molecule has 1 aliphatic rings. The number of hydrogen-bond donors (Lipinski definition) is 0. The lowest BCUT2D eigenvalue weighted by Crippen LogP contribution is -2.52. The summed E-state index contributed by atoms with van der Waals surface area (Å²) < 4.78 is 11.0. The molecule has 1 aromatic rings. The molecular formula is C25H35NO4. The van der Waals surface area contributed by atoms with Crippen LogP contribution in [0.2, 0.25) is 0 Å². The van der Waals surface area contributed by atoms with E-state index in [0.717, 1.165) is 12.0 Å². The van der Waals surface area contributed by atoms with Crippen LogP contribution in [0.1, 0.15) is 66.9 Å². The Morgan fingerprint density at radius 3 is 2.30 bits per heavy atom. The number of ether oxygens (including phenoxy) is 2. The molecule has 1 heterocycles. The van der Waals surface area contributed by atoms with Crippen molar-refractivity contribution in [2.45, 2.75) is 73.5 Å². The van der Waals surface area contributed by atoms with Gasteiger partial charge in [0.1, 0.15) is 6.61 Å². The zero-order valence-electron chi connectivity index (χ0n) is 19.3. The Kier molecular flexibility index (Phi) is 7.27. The fourth-order valence-corrected chi connectivity index (χ4v) is 3.71. The van der Waals surface area contributed by atoms with Crippen molar-refractivity contribution in [3.8, 4) is 0 Å². The first-order valence-electron chi connectivity index (χ1n) is 10.6. The molecular weight excluding hydrogens is 378 g/mol. The summed E-state index contributed by atoms with van der Waals surface area (Å²) in [7, 11) is 0. The second-order valence-electron chi connectivity index (χ2n) is 9.92. The average Bonchev–Trinajstić information content (AvgIpc) is 3.03. The highest BCUT2D eigenvalue weighted by Gasteiger charge is 2.59. The summed E-state index contributed by atoms with van der Waals surface area (Å²) in [5, 5.41) is 0. The Labute approximate surface area is 180 Å². The molecule has 1 aliphatic heterocycles. The van der Waals surface area contributed by atoms with Gasteiger partial charge in [0, 0.05) is 17.4 Å². The molecule has 30 heavy (non-hydrogen) atoms. The Morgan fingerprint density at radius 1 is 1.17 bits per heavy atom. The Morgan fingerprint density at radius 2 is 1.80 bits per heavy atom. The van der Waals surface area contributed by atoms with Crippen LogP contribution in [0, 0.1) is 16.7 Å².